The highest BCUT2D eigenvalue weighted by Crippen LogP contribution is 2.50. The molecule has 2 heterocycles. The Hall–Kier alpha value is -2.95. The number of sulfone groups is 1. The Labute approximate surface area is 191 Å². The van der Waals surface area contributed by atoms with E-state index in [4.69, 9.17) is 9.57 Å². The first-order valence-corrected chi connectivity index (χ1v) is 12.4. The van der Waals surface area contributed by atoms with Crippen molar-refractivity contribution in [3.05, 3.63) is 35.4 Å². The van der Waals surface area contributed by atoms with Gasteiger partial charge in [-0.05, 0) is 58.6 Å². The number of alkyl carbamates (subject to hydrolysis) is 1. The van der Waals surface area contributed by atoms with Gasteiger partial charge < -0.3 is 14.9 Å². The molecule has 33 heavy (non-hydrogen) atoms. The molecule has 1 aromatic rings. The standard InChI is InChI=1S/C22H26N2O8S/c1-21(2,3)31-20(28)23-14-8-9-33(29,30)22(12-14)10-13(11-22)19(27)32-24-17(25)15-6-4-5-7-16(15)18(24)26/h4-7,13-14H,8-12H2,1-3H3,(H,23,28). The van der Waals surface area contributed by atoms with Gasteiger partial charge in [0.25, 0.3) is 11.8 Å². The van der Waals surface area contributed by atoms with Crippen LogP contribution in [0.5, 0.6) is 0 Å². The molecule has 0 bridgehead atoms. The van der Waals surface area contributed by atoms with E-state index in [1.165, 1.54) is 12.1 Å². The molecule has 1 unspecified atom stereocenters. The molecule has 1 saturated carbocycles. The molecule has 1 aliphatic carbocycles. The van der Waals surface area contributed by atoms with Gasteiger partial charge in [-0.3, -0.25) is 9.59 Å². The molecule has 1 atom stereocenters. The van der Waals surface area contributed by atoms with E-state index in [1.807, 2.05) is 0 Å². The van der Waals surface area contributed by atoms with Crippen molar-refractivity contribution in [1.82, 2.24) is 10.4 Å². The number of hydrogen-bond acceptors (Lipinski definition) is 8. The van der Waals surface area contributed by atoms with Crippen molar-refractivity contribution < 1.29 is 37.2 Å². The second-order valence-electron chi connectivity index (χ2n) is 9.80. The van der Waals surface area contributed by atoms with Crippen LogP contribution in [0.2, 0.25) is 0 Å². The first kappa shape index (κ1) is 23.2. The zero-order chi connectivity index (χ0) is 24.2. The van der Waals surface area contributed by atoms with Gasteiger partial charge in [-0.15, -0.1) is 0 Å². The number of rotatable bonds is 3. The molecule has 1 aromatic carbocycles. The number of fused-ring (bicyclic) bond motifs is 1. The van der Waals surface area contributed by atoms with Crippen LogP contribution in [-0.4, -0.2) is 59.5 Å². The fourth-order valence-corrected chi connectivity index (χ4v) is 7.02. The lowest BCUT2D eigenvalue weighted by atomic mass is 9.70. The third kappa shape index (κ3) is 4.21. The Morgan fingerprint density at radius 2 is 1.64 bits per heavy atom. The molecule has 1 N–H and O–H groups in total. The maximum Gasteiger partial charge on any atom is 0.407 e. The highest BCUT2D eigenvalue weighted by molar-refractivity contribution is 7.92. The first-order valence-electron chi connectivity index (χ1n) is 10.7. The first-order chi connectivity index (χ1) is 15.3. The summed E-state index contributed by atoms with van der Waals surface area (Å²) in [5.74, 6) is -3.18. The average Bonchev–Trinajstić information content (AvgIpc) is 2.91. The Morgan fingerprint density at radius 3 is 2.18 bits per heavy atom. The fourth-order valence-electron chi connectivity index (χ4n) is 4.63. The zero-order valence-electron chi connectivity index (χ0n) is 18.6. The molecule has 1 spiro atoms. The van der Waals surface area contributed by atoms with Gasteiger partial charge in [0.05, 0.1) is 27.5 Å². The van der Waals surface area contributed by atoms with Crippen LogP contribution in [0.3, 0.4) is 0 Å². The van der Waals surface area contributed by atoms with Crippen LogP contribution >= 0.6 is 0 Å². The van der Waals surface area contributed by atoms with E-state index >= 15 is 0 Å². The Kier molecular flexibility index (Phi) is 5.50. The van der Waals surface area contributed by atoms with E-state index < -0.39 is 56.0 Å². The van der Waals surface area contributed by atoms with E-state index in [9.17, 15) is 27.6 Å². The number of nitrogens with one attached hydrogen (secondary N) is 1. The van der Waals surface area contributed by atoms with Gasteiger partial charge in [-0.1, -0.05) is 17.2 Å². The van der Waals surface area contributed by atoms with Crippen LogP contribution in [0.4, 0.5) is 4.79 Å². The Bertz CT molecular complexity index is 1100. The van der Waals surface area contributed by atoms with Gasteiger partial charge in [0.2, 0.25) is 0 Å². The quantitative estimate of drug-likeness (QED) is 0.652. The molecule has 3 amide bonds. The van der Waals surface area contributed by atoms with Crippen molar-refractivity contribution in [3.63, 3.8) is 0 Å². The molecular formula is C22H26N2O8S. The molecule has 178 valence electrons. The number of carbonyl (C=O) groups is 4. The van der Waals surface area contributed by atoms with Crippen molar-refractivity contribution in [2.24, 2.45) is 5.92 Å². The summed E-state index contributed by atoms with van der Waals surface area (Å²) in [6.45, 7) is 5.20. The minimum atomic E-state index is -3.50. The summed E-state index contributed by atoms with van der Waals surface area (Å²) in [5.41, 5.74) is -0.393. The fraction of sp³-hybridized carbons (Fsp3) is 0.545. The van der Waals surface area contributed by atoms with Crippen molar-refractivity contribution >= 4 is 33.7 Å². The SMILES string of the molecule is CC(C)(C)OC(=O)NC1CCS(=O)(=O)C2(C1)CC(C(=O)ON1C(=O)c3ccccc3C1=O)C2. The van der Waals surface area contributed by atoms with Crippen LogP contribution in [0.25, 0.3) is 0 Å². The van der Waals surface area contributed by atoms with Crippen LogP contribution in [0.1, 0.15) is 67.2 Å². The maximum absolute atomic E-state index is 12.8. The summed E-state index contributed by atoms with van der Waals surface area (Å²) in [5, 5.41) is 3.15. The van der Waals surface area contributed by atoms with E-state index in [0.717, 1.165) is 0 Å². The van der Waals surface area contributed by atoms with Crippen LogP contribution in [0.15, 0.2) is 24.3 Å². The minimum Gasteiger partial charge on any atom is -0.444 e. The molecular weight excluding hydrogens is 452 g/mol. The predicted molar refractivity (Wildman–Crippen MR) is 115 cm³/mol. The Balaban J connectivity index is 1.39. The van der Waals surface area contributed by atoms with E-state index in [1.54, 1.807) is 32.9 Å². The number of hydroxylamine groups is 2. The Morgan fingerprint density at radius 1 is 1.06 bits per heavy atom. The van der Waals surface area contributed by atoms with Gasteiger partial charge in [-0.2, -0.15) is 0 Å². The monoisotopic (exact) mass is 478 g/mol. The number of carbonyl (C=O) groups excluding carboxylic acids is 4. The second-order valence-corrected chi connectivity index (χ2v) is 12.3. The third-order valence-corrected chi connectivity index (χ3v) is 8.83. The number of hydrogen-bond donors (Lipinski definition) is 1. The van der Waals surface area contributed by atoms with Crippen molar-refractivity contribution in [1.29, 1.82) is 0 Å². The lowest BCUT2D eigenvalue weighted by Crippen LogP contribution is -2.60. The predicted octanol–water partition coefficient (Wildman–Crippen LogP) is 1.99. The molecule has 4 rings (SSSR count). The molecule has 3 aliphatic rings. The number of ether oxygens (including phenoxy) is 1. The number of benzene rings is 1. The molecule has 0 aromatic heterocycles. The van der Waals surface area contributed by atoms with Crippen LogP contribution in [0, 0.1) is 5.92 Å². The third-order valence-electron chi connectivity index (χ3n) is 6.24. The smallest absolute Gasteiger partial charge is 0.407 e. The van der Waals surface area contributed by atoms with Gasteiger partial charge in [0.1, 0.15) is 5.60 Å². The van der Waals surface area contributed by atoms with E-state index in [0.29, 0.717) is 5.06 Å². The van der Waals surface area contributed by atoms with Gasteiger partial charge in [-0.25, -0.2) is 18.0 Å². The summed E-state index contributed by atoms with van der Waals surface area (Å²) >= 11 is 0. The van der Waals surface area contributed by atoms with E-state index in [-0.39, 0.29) is 42.6 Å². The van der Waals surface area contributed by atoms with Crippen LogP contribution < -0.4 is 5.32 Å². The van der Waals surface area contributed by atoms with Gasteiger partial charge >= 0.3 is 12.1 Å². The van der Waals surface area contributed by atoms with Crippen molar-refractivity contribution in [2.75, 3.05) is 5.75 Å². The highest BCUT2D eigenvalue weighted by atomic mass is 32.2. The maximum atomic E-state index is 12.8. The summed E-state index contributed by atoms with van der Waals surface area (Å²) < 4.78 is 29.7. The molecule has 1 saturated heterocycles. The topological polar surface area (TPSA) is 136 Å². The number of nitrogens with zero attached hydrogens (tertiary/aromatic N) is 1. The lowest BCUT2D eigenvalue weighted by Gasteiger charge is -2.49. The largest absolute Gasteiger partial charge is 0.444 e. The molecule has 2 fully saturated rings. The van der Waals surface area contributed by atoms with Crippen LogP contribution in [-0.2, 0) is 24.2 Å². The minimum absolute atomic E-state index is 0.00380. The molecule has 11 heteroatoms. The number of imide groups is 1. The summed E-state index contributed by atoms with van der Waals surface area (Å²) in [6.07, 6.45) is -0.199. The summed E-state index contributed by atoms with van der Waals surface area (Å²) in [4.78, 5) is 54.6. The van der Waals surface area contributed by atoms with Crippen molar-refractivity contribution in [3.8, 4) is 0 Å². The molecule has 0 radical (unpaired) electrons. The number of amides is 3. The highest BCUT2D eigenvalue weighted by Gasteiger charge is 2.59. The normalized spacial score (nSPS) is 28.2. The summed E-state index contributed by atoms with van der Waals surface area (Å²) in [7, 11) is -3.50. The zero-order valence-corrected chi connectivity index (χ0v) is 19.4. The lowest BCUT2D eigenvalue weighted by molar-refractivity contribution is -0.178. The second kappa shape index (κ2) is 7.82. The molecule has 2 aliphatic heterocycles. The van der Waals surface area contributed by atoms with Gasteiger partial charge in [0.15, 0.2) is 9.84 Å². The van der Waals surface area contributed by atoms with Gasteiger partial charge in [0, 0.05) is 6.04 Å². The average molecular weight is 479 g/mol. The molecule has 10 nitrogen and oxygen atoms in total. The van der Waals surface area contributed by atoms with E-state index in [2.05, 4.69) is 5.32 Å². The summed E-state index contributed by atoms with van der Waals surface area (Å²) in [6, 6.07) is 5.72. The van der Waals surface area contributed by atoms with Crippen molar-refractivity contribution in [2.45, 2.75) is 62.8 Å².